The Kier molecular flexibility index (Phi) is 8.76. The van der Waals surface area contributed by atoms with E-state index in [0.29, 0.717) is 15.9 Å². The third-order valence-corrected chi connectivity index (χ3v) is 5.92. The van der Waals surface area contributed by atoms with Crippen LogP contribution in [0.2, 0.25) is 10.0 Å². The molecule has 3 rings (SSSR count). The van der Waals surface area contributed by atoms with Gasteiger partial charge < -0.3 is 10.6 Å². The maximum Gasteiger partial charge on any atom is 0.416 e. The highest BCUT2D eigenvalue weighted by atomic mass is 35.5. The van der Waals surface area contributed by atoms with Gasteiger partial charge in [0.25, 0.3) is 5.91 Å². The van der Waals surface area contributed by atoms with E-state index in [2.05, 4.69) is 20.6 Å². The van der Waals surface area contributed by atoms with Crippen LogP contribution in [0.4, 0.5) is 18.9 Å². The SMILES string of the molecule is O=C(CCNC(=O)c1nc(SCc2ccccc2Cl)ncc1Cl)Nc1cccc(C(F)(F)F)c1. The molecule has 2 aromatic carbocycles. The van der Waals surface area contributed by atoms with E-state index in [-0.39, 0.29) is 29.4 Å². The number of alkyl halides is 3. The van der Waals surface area contributed by atoms with E-state index in [0.717, 1.165) is 17.7 Å². The Morgan fingerprint density at radius 2 is 1.79 bits per heavy atom. The summed E-state index contributed by atoms with van der Waals surface area (Å²) in [7, 11) is 0. The minimum absolute atomic E-state index is 0.00480. The van der Waals surface area contributed by atoms with Crippen LogP contribution >= 0.6 is 35.0 Å². The number of nitrogens with one attached hydrogen (secondary N) is 2. The van der Waals surface area contributed by atoms with Gasteiger partial charge in [0.05, 0.1) is 16.8 Å². The van der Waals surface area contributed by atoms with Crippen molar-refractivity contribution < 1.29 is 22.8 Å². The smallest absolute Gasteiger partial charge is 0.350 e. The van der Waals surface area contributed by atoms with Gasteiger partial charge in [-0.2, -0.15) is 13.2 Å². The monoisotopic (exact) mass is 528 g/mol. The van der Waals surface area contributed by atoms with Crippen molar-refractivity contribution in [2.24, 2.45) is 0 Å². The zero-order chi connectivity index (χ0) is 24.7. The number of amides is 2. The normalized spacial score (nSPS) is 11.2. The summed E-state index contributed by atoms with van der Waals surface area (Å²) in [6.45, 7) is -0.0773. The number of thioether (sulfide) groups is 1. The molecular weight excluding hydrogens is 512 g/mol. The van der Waals surface area contributed by atoms with Crippen molar-refractivity contribution in [2.75, 3.05) is 11.9 Å². The lowest BCUT2D eigenvalue weighted by molar-refractivity contribution is -0.137. The summed E-state index contributed by atoms with van der Waals surface area (Å²) in [6, 6.07) is 11.6. The molecule has 0 bridgehead atoms. The van der Waals surface area contributed by atoms with Crippen LogP contribution in [-0.4, -0.2) is 28.3 Å². The van der Waals surface area contributed by atoms with Crippen LogP contribution in [0.25, 0.3) is 0 Å². The van der Waals surface area contributed by atoms with E-state index in [1.54, 1.807) is 6.07 Å². The summed E-state index contributed by atoms with van der Waals surface area (Å²) in [5.74, 6) is -0.693. The second kappa shape index (κ2) is 11.5. The van der Waals surface area contributed by atoms with Gasteiger partial charge in [-0.05, 0) is 29.8 Å². The number of carbonyl (C=O) groups excluding carboxylic acids is 2. The first-order valence-electron chi connectivity index (χ1n) is 9.77. The van der Waals surface area contributed by atoms with Crippen LogP contribution in [0.1, 0.15) is 28.0 Å². The van der Waals surface area contributed by atoms with Gasteiger partial charge in [0.1, 0.15) is 0 Å². The first kappa shape index (κ1) is 25.8. The van der Waals surface area contributed by atoms with Gasteiger partial charge in [0.15, 0.2) is 10.9 Å². The van der Waals surface area contributed by atoms with Crippen LogP contribution in [0, 0.1) is 0 Å². The Bertz CT molecular complexity index is 1190. The second-order valence-electron chi connectivity index (χ2n) is 6.86. The van der Waals surface area contributed by atoms with Crippen molar-refractivity contribution in [2.45, 2.75) is 23.5 Å². The first-order valence-corrected chi connectivity index (χ1v) is 11.5. The van der Waals surface area contributed by atoms with Crippen molar-refractivity contribution in [1.82, 2.24) is 15.3 Å². The van der Waals surface area contributed by atoms with Crippen molar-refractivity contribution in [1.29, 1.82) is 0 Å². The maximum atomic E-state index is 12.8. The highest BCUT2D eigenvalue weighted by Gasteiger charge is 2.30. The van der Waals surface area contributed by atoms with Crippen LogP contribution in [0.15, 0.2) is 59.9 Å². The molecule has 2 N–H and O–H groups in total. The van der Waals surface area contributed by atoms with Gasteiger partial charge in [-0.3, -0.25) is 9.59 Å². The summed E-state index contributed by atoms with van der Waals surface area (Å²) in [4.78, 5) is 32.8. The molecule has 3 aromatic rings. The van der Waals surface area contributed by atoms with E-state index >= 15 is 0 Å². The Hall–Kier alpha value is -2.82. The summed E-state index contributed by atoms with van der Waals surface area (Å²) in [5, 5.41) is 5.84. The molecule has 0 saturated heterocycles. The fourth-order valence-corrected chi connectivity index (χ4v) is 3.99. The number of hydrogen-bond donors (Lipinski definition) is 2. The van der Waals surface area contributed by atoms with Gasteiger partial charge in [0, 0.05) is 29.4 Å². The number of aromatic nitrogens is 2. The number of halogens is 5. The Balaban J connectivity index is 1.53. The second-order valence-corrected chi connectivity index (χ2v) is 8.62. The lowest BCUT2D eigenvalue weighted by atomic mass is 10.2. The molecule has 34 heavy (non-hydrogen) atoms. The molecule has 0 aliphatic carbocycles. The molecular formula is C22H17Cl2F3N4O2S. The predicted molar refractivity (Wildman–Crippen MR) is 125 cm³/mol. The average Bonchev–Trinajstić information content (AvgIpc) is 2.79. The van der Waals surface area contributed by atoms with E-state index in [4.69, 9.17) is 23.2 Å². The standard InChI is InChI=1S/C22H17Cl2F3N4O2S/c23-16-7-2-1-4-13(16)12-34-21-29-11-17(24)19(31-21)20(33)28-9-8-18(32)30-15-6-3-5-14(10-15)22(25,26)27/h1-7,10-11H,8-9,12H2,(H,28,33)(H,30,32). The predicted octanol–water partition coefficient (Wildman–Crippen LogP) is 5.85. The lowest BCUT2D eigenvalue weighted by Crippen LogP contribution is -2.28. The molecule has 0 radical (unpaired) electrons. The highest BCUT2D eigenvalue weighted by Crippen LogP contribution is 2.30. The molecule has 12 heteroatoms. The lowest BCUT2D eigenvalue weighted by Gasteiger charge is -2.10. The quantitative estimate of drug-likeness (QED) is 0.283. The van der Waals surface area contributed by atoms with Crippen molar-refractivity contribution in [3.8, 4) is 0 Å². The van der Waals surface area contributed by atoms with Crippen molar-refractivity contribution >= 4 is 52.5 Å². The third kappa shape index (κ3) is 7.34. The minimum atomic E-state index is -4.52. The molecule has 1 aromatic heterocycles. The molecule has 0 fully saturated rings. The van der Waals surface area contributed by atoms with Gasteiger partial charge >= 0.3 is 6.18 Å². The molecule has 0 saturated carbocycles. The molecule has 0 aliphatic heterocycles. The molecule has 2 amide bonds. The van der Waals surface area contributed by atoms with Crippen LogP contribution in [0.5, 0.6) is 0 Å². The van der Waals surface area contributed by atoms with Crippen LogP contribution < -0.4 is 10.6 Å². The Labute approximate surface area is 207 Å². The fourth-order valence-electron chi connectivity index (χ4n) is 2.71. The zero-order valence-corrected chi connectivity index (χ0v) is 19.7. The zero-order valence-electron chi connectivity index (χ0n) is 17.3. The molecule has 0 spiro atoms. The molecule has 1 heterocycles. The molecule has 0 unspecified atom stereocenters. The van der Waals surface area contributed by atoms with Gasteiger partial charge in [0.2, 0.25) is 5.91 Å². The van der Waals surface area contributed by atoms with Crippen molar-refractivity contribution in [3.63, 3.8) is 0 Å². The van der Waals surface area contributed by atoms with E-state index in [1.807, 2.05) is 18.2 Å². The number of benzene rings is 2. The summed E-state index contributed by atoms with van der Waals surface area (Å²) < 4.78 is 38.3. The molecule has 178 valence electrons. The van der Waals surface area contributed by atoms with E-state index < -0.39 is 23.6 Å². The number of hydrogen-bond acceptors (Lipinski definition) is 5. The Morgan fingerprint density at radius 1 is 1.03 bits per heavy atom. The van der Waals surface area contributed by atoms with Gasteiger partial charge in [-0.1, -0.05) is 59.2 Å². The van der Waals surface area contributed by atoms with Crippen molar-refractivity contribution in [3.05, 3.63) is 81.6 Å². The maximum absolute atomic E-state index is 12.8. The number of nitrogens with zero attached hydrogens (tertiary/aromatic N) is 2. The van der Waals surface area contributed by atoms with Gasteiger partial charge in [-0.15, -0.1) is 0 Å². The summed E-state index contributed by atoms with van der Waals surface area (Å²) >= 11 is 13.5. The minimum Gasteiger partial charge on any atom is -0.350 e. The summed E-state index contributed by atoms with van der Waals surface area (Å²) in [5.41, 5.74) is -0.0486. The highest BCUT2D eigenvalue weighted by molar-refractivity contribution is 7.98. The number of carbonyl (C=O) groups is 2. The number of rotatable bonds is 8. The molecule has 0 aliphatic rings. The Morgan fingerprint density at radius 3 is 2.53 bits per heavy atom. The largest absolute Gasteiger partial charge is 0.416 e. The fraction of sp³-hybridized carbons (Fsp3) is 0.182. The topological polar surface area (TPSA) is 84.0 Å². The van der Waals surface area contributed by atoms with Crippen LogP contribution in [0.3, 0.4) is 0 Å². The molecule has 0 atom stereocenters. The first-order chi connectivity index (χ1) is 16.1. The average molecular weight is 529 g/mol. The van der Waals surface area contributed by atoms with Gasteiger partial charge in [-0.25, -0.2) is 9.97 Å². The van der Waals surface area contributed by atoms with E-state index in [1.165, 1.54) is 30.1 Å². The third-order valence-electron chi connectivity index (χ3n) is 4.36. The summed E-state index contributed by atoms with van der Waals surface area (Å²) in [6.07, 6.45) is -3.38. The molecule has 6 nitrogen and oxygen atoms in total. The number of anilines is 1. The van der Waals surface area contributed by atoms with E-state index in [9.17, 15) is 22.8 Å². The van der Waals surface area contributed by atoms with Crippen LogP contribution in [-0.2, 0) is 16.7 Å².